The van der Waals surface area contributed by atoms with Crippen LogP contribution in [0.4, 0.5) is 15.8 Å². The first-order valence-corrected chi connectivity index (χ1v) is 7.59. The molecule has 0 bridgehead atoms. The molecule has 2 aromatic rings. The number of anilines is 2. The molecular formula is C14H12FN3O2S. The second-order valence-electron chi connectivity index (χ2n) is 4.40. The third-order valence-corrected chi connectivity index (χ3v) is 3.91. The van der Waals surface area contributed by atoms with Crippen LogP contribution in [0.5, 0.6) is 0 Å². The highest BCUT2D eigenvalue weighted by Gasteiger charge is 2.15. The van der Waals surface area contributed by atoms with E-state index in [4.69, 9.17) is 11.0 Å². The predicted octanol–water partition coefficient (Wildman–Crippen LogP) is 2.22. The Morgan fingerprint density at radius 2 is 1.95 bits per heavy atom. The maximum atomic E-state index is 13.2. The maximum absolute atomic E-state index is 13.2. The van der Waals surface area contributed by atoms with E-state index in [0.717, 1.165) is 12.1 Å². The quantitative estimate of drug-likeness (QED) is 0.846. The number of nitrogens with two attached hydrogens (primary N) is 1. The molecule has 7 heteroatoms. The molecule has 0 heterocycles. The molecule has 0 aliphatic rings. The van der Waals surface area contributed by atoms with Crippen molar-refractivity contribution in [3.8, 4) is 6.07 Å². The maximum Gasteiger partial charge on any atom is 0.236 e. The minimum absolute atomic E-state index is 0.0435. The second-order valence-corrected chi connectivity index (χ2v) is 6.13. The van der Waals surface area contributed by atoms with E-state index in [9.17, 15) is 12.8 Å². The van der Waals surface area contributed by atoms with Gasteiger partial charge >= 0.3 is 0 Å². The number of nitrogens with zero attached hydrogens (tertiary/aromatic N) is 1. The summed E-state index contributed by atoms with van der Waals surface area (Å²) >= 11 is 0. The lowest BCUT2D eigenvalue weighted by atomic mass is 10.1. The first-order chi connectivity index (χ1) is 9.89. The molecule has 0 aliphatic heterocycles. The van der Waals surface area contributed by atoms with Crippen LogP contribution in [-0.4, -0.2) is 8.42 Å². The van der Waals surface area contributed by atoms with Gasteiger partial charge in [-0.15, -0.1) is 0 Å². The minimum Gasteiger partial charge on any atom is -0.399 e. The number of sulfonamides is 1. The average molecular weight is 305 g/mol. The number of rotatable bonds is 4. The van der Waals surface area contributed by atoms with Gasteiger partial charge < -0.3 is 5.73 Å². The molecule has 0 spiro atoms. The van der Waals surface area contributed by atoms with Crippen molar-refractivity contribution in [1.29, 1.82) is 5.26 Å². The van der Waals surface area contributed by atoms with Gasteiger partial charge in [-0.05, 0) is 29.8 Å². The van der Waals surface area contributed by atoms with E-state index in [0.29, 0.717) is 5.56 Å². The van der Waals surface area contributed by atoms with Crippen LogP contribution < -0.4 is 10.5 Å². The molecule has 5 nitrogen and oxygen atoms in total. The van der Waals surface area contributed by atoms with Crippen LogP contribution in [0.1, 0.15) is 11.1 Å². The minimum atomic E-state index is -3.78. The van der Waals surface area contributed by atoms with Crippen LogP contribution in [0.15, 0.2) is 42.5 Å². The fraction of sp³-hybridized carbons (Fsp3) is 0.0714. The normalized spacial score (nSPS) is 10.9. The zero-order valence-electron chi connectivity index (χ0n) is 10.9. The number of halogens is 1. The highest BCUT2D eigenvalue weighted by atomic mass is 32.2. The molecular weight excluding hydrogens is 293 g/mol. The molecule has 0 unspecified atom stereocenters. The molecule has 0 saturated heterocycles. The van der Waals surface area contributed by atoms with Gasteiger partial charge in [0.25, 0.3) is 0 Å². The molecule has 0 atom stereocenters. The van der Waals surface area contributed by atoms with Gasteiger partial charge in [0, 0.05) is 5.69 Å². The van der Waals surface area contributed by atoms with Crippen molar-refractivity contribution in [2.45, 2.75) is 5.75 Å². The van der Waals surface area contributed by atoms with Gasteiger partial charge in [0.05, 0.1) is 23.1 Å². The van der Waals surface area contributed by atoms with Crippen molar-refractivity contribution in [2.75, 3.05) is 10.5 Å². The Balaban J connectivity index is 2.25. The summed E-state index contributed by atoms with van der Waals surface area (Å²) in [6.07, 6.45) is 0. The Morgan fingerprint density at radius 1 is 1.24 bits per heavy atom. The molecule has 2 aromatic carbocycles. The summed E-state index contributed by atoms with van der Waals surface area (Å²) in [6, 6.07) is 11.7. The van der Waals surface area contributed by atoms with Crippen LogP contribution in [0.3, 0.4) is 0 Å². The molecule has 3 N–H and O–H groups in total. The molecule has 108 valence electrons. The SMILES string of the molecule is N#Cc1ccccc1CS(=O)(=O)Nc1cc(N)cc(F)c1. The number of benzene rings is 2. The monoisotopic (exact) mass is 305 g/mol. The van der Waals surface area contributed by atoms with E-state index < -0.39 is 15.8 Å². The fourth-order valence-corrected chi connectivity index (χ4v) is 3.06. The molecule has 0 radical (unpaired) electrons. The van der Waals surface area contributed by atoms with Gasteiger partial charge in [-0.2, -0.15) is 5.26 Å². The summed E-state index contributed by atoms with van der Waals surface area (Å²) in [5, 5.41) is 8.95. The van der Waals surface area contributed by atoms with Crippen LogP contribution in [0, 0.1) is 17.1 Å². The van der Waals surface area contributed by atoms with Gasteiger partial charge in [-0.25, -0.2) is 12.8 Å². The highest BCUT2D eigenvalue weighted by molar-refractivity contribution is 7.91. The largest absolute Gasteiger partial charge is 0.399 e. The van der Waals surface area contributed by atoms with Gasteiger partial charge in [0.15, 0.2) is 0 Å². The second kappa shape index (κ2) is 5.81. The number of nitrogen functional groups attached to an aromatic ring is 1. The van der Waals surface area contributed by atoms with E-state index in [1.54, 1.807) is 18.2 Å². The van der Waals surface area contributed by atoms with Crippen molar-refractivity contribution in [3.05, 3.63) is 59.4 Å². The number of hydrogen-bond acceptors (Lipinski definition) is 4. The van der Waals surface area contributed by atoms with E-state index >= 15 is 0 Å². The summed E-state index contributed by atoms with van der Waals surface area (Å²) < 4.78 is 39.6. The molecule has 0 amide bonds. The smallest absolute Gasteiger partial charge is 0.236 e. The summed E-state index contributed by atoms with van der Waals surface area (Å²) in [5.41, 5.74) is 6.27. The number of nitrogens with one attached hydrogen (secondary N) is 1. The van der Waals surface area contributed by atoms with Gasteiger partial charge in [-0.3, -0.25) is 4.72 Å². The van der Waals surface area contributed by atoms with Gasteiger partial charge in [-0.1, -0.05) is 18.2 Å². The number of hydrogen-bond donors (Lipinski definition) is 2. The lowest BCUT2D eigenvalue weighted by Crippen LogP contribution is -2.16. The first kappa shape index (κ1) is 14.8. The van der Waals surface area contributed by atoms with Crippen LogP contribution in [0.25, 0.3) is 0 Å². The molecule has 0 saturated carbocycles. The van der Waals surface area contributed by atoms with E-state index in [1.807, 2.05) is 6.07 Å². The Hall–Kier alpha value is -2.59. The lowest BCUT2D eigenvalue weighted by Gasteiger charge is -2.09. The van der Waals surface area contributed by atoms with Crippen molar-refractivity contribution in [3.63, 3.8) is 0 Å². The Labute approximate surface area is 121 Å². The van der Waals surface area contributed by atoms with Gasteiger partial charge in [0.1, 0.15) is 5.82 Å². The van der Waals surface area contributed by atoms with Gasteiger partial charge in [0.2, 0.25) is 10.0 Å². The molecule has 21 heavy (non-hydrogen) atoms. The predicted molar refractivity (Wildman–Crippen MR) is 78.2 cm³/mol. The summed E-state index contributed by atoms with van der Waals surface area (Å²) in [7, 11) is -3.78. The average Bonchev–Trinajstić information content (AvgIpc) is 2.36. The molecule has 0 aliphatic carbocycles. The van der Waals surface area contributed by atoms with Crippen LogP contribution in [0.2, 0.25) is 0 Å². The van der Waals surface area contributed by atoms with Crippen LogP contribution >= 0.6 is 0 Å². The van der Waals surface area contributed by atoms with Crippen molar-refractivity contribution < 1.29 is 12.8 Å². The molecule has 2 rings (SSSR count). The van der Waals surface area contributed by atoms with E-state index in [1.165, 1.54) is 12.1 Å². The third kappa shape index (κ3) is 3.94. The van der Waals surface area contributed by atoms with E-state index in [-0.39, 0.29) is 22.7 Å². The van der Waals surface area contributed by atoms with Crippen LogP contribution in [-0.2, 0) is 15.8 Å². The number of nitriles is 1. The zero-order chi connectivity index (χ0) is 15.5. The fourth-order valence-electron chi connectivity index (χ4n) is 1.85. The molecule has 0 fully saturated rings. The highest BCUT2D eigenvalue weighted by Crippen LogP contribution is 2.19. The van der Waals surface area contributed by atoms with E-state index in [2.05, 4.69) is 4.72 Å². The Bertz CT molecular complexity index is 793. The van der Waals surface area contributed by atoms with Crippen molar-refractivity contribution in [1.82, 2.24) is 0 Å². The first-order valence-electron chi connectivity index (χ1n) is 5.94. The standard InChI is InChI=1S/C14H12FN3O2S/c15-12-5-13(17)7-14(6-12)18-21(19,20)9-11-4-2-1-3-10(11)8-16/h1-7,18H,9,17H2. The molecule has 0 aromatic heterocycles. The zero-order valence-corrected chi connectivity index (χ0v) is 11.7. The topological polar surface area (TPSA) is 96.0 Å². The summed E-state index contributed by atoms with van der Waals surface area (Å²) in [6.45, 7) is 0. The lowest BCUT2D eigenvalue weighted by molar-refractivity contribution is 0.600. The van der Waals surface area contributed by atoms with Crippen molar-refractivity contribution >= 4 is 21.4 Å². The Kier molecular flexibility index (Phi) is 4.10. The Morgan fingerprint density at radius 3 is 2.62 bits per heavy atom. The third-order valence-electron chi connectivity index (χ3n) is 2.68. The summed E-state index contributed by atoms with van der Waals surface area (Å²) in [4.78, 5) is 0. The van der Waals surface area contributed by atoms with Crippen molar-refractivity contribution in [2.24, 2.45) is 0 Å². The summed E-state index contributed by atoms with van der Waals surface area (Å²) in [5.74, 6) is -1.02.